The molecule has 3 heteroatoms. The van der Waals surface area contributed by atoms with Gasteiger partial charge >= 0.3 is 0 Å². The van der Waals surface area contributed by atoms with Gasteiger partial charge < -0.3 is 5.73 Å². The minimum absolute atomic E-state index is 0.290. The Balaban J connectivity index is 2.12. The summed E-state index contributed by atoms with van der Waals surface area (Å²) in [5, 5.41) is 9.44. The van der Waals surface area contributed by atoms with Crippen molar-refractivity contribution in [1.29, 1.82) is 5.26 Å². The molecule has 0 aliphatic rings. The summed E-state index contributed by atoms with van der Waals surface area (Å²) in [5.41, 5.74) is 12.4. The molecular weight excluding hydrogens is 282 g/mol. The topological polar surface area (TPSA) is 62.7 Å². The standard InChI is InChI=1S/C20H17N3/c1-13-14(2)23-20(22)18(12-21)19(13)17-10-8-16(9-11-17)15-6-4-3-5-7-15/h3-11H,1-2H3,(H2,22,23). The number of nitrogens with two attached hydrogens (primary N) is 1. The van der Waals surface area contributed by atoms with Crippen LogP contribution >= 0.6 is 0 Å². The quantitative estimate of drug-likeness (QED) is 0.758. The molecule has 2 aromatic carbocycles. The maximum atomic E-state index is 9.44. The second-order valence-corrected chi connectivity index (χ2v) is 5.51. The van der Waals surface area contributed by atoms with Crippen LogP contribution in [0, 0.1) is 25.2 Å². The summed E-state index contributed by atoms with van der Waals surface area (Å²) in [7, 11) is 0. The van der Waals surface area contributed by atoms with E-state index in [2.05, 4.69) is 35.3 Å². The van der Waals surface area contributed by atoms with Gasteiger partial charge in [-0.1, -0.05) is 54.6 Å². The van der Waals surface area contributed by atoms with Crippen molar-refractivity contribution in [3.8, 4) is 28.3 Å². The molecule has 3 aromatic rings. The van der Waals surface area contributed by atoms with Crippen LogP contribution in [0.1, 0.15) is 16.8 Å². The lowest BCUT2D eigenvalue weighted by molar-refractivity contribution is 1.15. The van der Waals surface area contributed by atoms with Crippen molar-refractivity contribution >= 4 is 5.82 Å². The molecule has 0 unspecified atom stereocenters. The second kappa shape index (κ2) is 5.94. The highest BCUT2D eigenvalue weighted by atomic mass is 14.8. The zero-order valence-corrected chi connectivity index (χ0v) is 13.2. The number of pyridine rings is 1. The molecule has 0 saturated carbocycles. The van der Waals surface area contributed by atoms with Crippen molar-refractivity contribution in [2.24, 2.45) is 0 Å². The fourth-order valence-electron chi connectivity index (χ4n) is 2.75. The number of hydrogen-bond donors (Lipinski definition) is 1. The van der Waals surface area contributed by atoms with E-state index in [0.29, 0.717) is 5.56 Å². The summed E-state index contributed by atoms with van der Waals surface area (Å²) < 4.78 is 0. The van der Waals surface area contributed by atoms with Crippen molar-refractivity contribution in [2.75, 3.05) is 5.73 Å². The highest BCUT2D eigenvalue weighted by Crippen LogP contribution is 2.32. The molecule has 0 aliphatic carbocycles. The van der Waals surface area contributed by atoms with Gasteiger partial charge in [-0.25, -0.2) is 4.98 Å². The van der Waals surface area contributed by atoms with Crippen molar-refractivity contribution in [3.05, 3.63) is 71.4 Å². The first-order chi connectivity index (χ1) is 11.1. The van der Waals surface area contributed by atoms with E-state index in [0.717, 1.165) is 27.9 Å². The summed E-state index contributed by atoms with van der Waals surface area (Å²) >= 11 is 0. The van der Waals surface area contributed by atoms with Gasteiger partial charge in [0.05, 0.1) is 0 Å². The van der Waals surface area contributed by atoms with Crippen LogP contribution in [0.4, 0.5) is 5.82 Å². The number of hydrogen-bond acceptors (Lipinski definition) is 3. The minimum atomic E-state index is 0.290. The predicted octanol–water partition coefficient (Wildman–Crippen LogP) is 4.49. The summed E-state index contributed by atoms with van der Waals surface area (Å²) in [6.45, 7) is 3.89. The highest BCUT2D eigenvalue weighted by molar-refractivity contribution is 5.80. The van der Waals surface area contributed by atoms with Gasteiger partial charge in [0, 0.05) is 11.3 Å². The van der Waals surface area contributed by atoms with Crippen LogP contribution in [0.25, 0.3) is 22.3 Å². The lowest BCUT2D eigenvalue weighted by atomic mass is 9.93. The van der Waals surface area contributed by atoms with Gasteiger partial charge in [-0.2, -0.15) is 5.26 Å². The molecule has 112 valence electrons. The molecule has 1 heterocycles. The largest absolute Gasteiger partial charge is 0.383 e. The minimum Gasteiger partial charge on any atom is -0.383 e. The van der Waals surface area contributed by atoms with Gasteiger partial charge in [0.1, 0.15) is 17.5 Å². The Kier molecular flexibility index (Phi) is 3.82. The molecule has 2 N–H and O–H groups in total. The molecule has 1 aromatic heterocycles. The average Bonchev–Trinajstić information content (AvgIpc) is 2.59. The third-order valence-electron chi connectivity index (χ3n) is 4.10. The first kappa shape index (κ1) is 14.8. The summed E-state index contributed by atoms with van der Waals surface area (Å²) in [4.78, 5) is 4.25. The number of nitrogen functional groups attached to an aromatic ring is 1. The van der Waals surface area contributed by atoms with Gasteiger partial charge in [0.2, 0.25) is 0 Å². The molecular formula is C20H17N3. The van der Waals surface area contributed by atoms with E-state index in [4.69, 9.17) is 5.73 Å². The molecule has 0 aliphatic heterocycles. The molecule has 0 bridgehead atoms. The predicted molar refractivity (Wildman–Crippen MR) is 93.7 cm³/mol. The zero-order valence-electron chi connectivity index (χ0n) is 13.2. The normalized spacial score (nSPS) is 10.3. The molecule has 3 nitrogen and oxygen atoms in total. The van der Waals surface area contributed by atoms with Crippen LogP contribution < -0.4 is 5.73 Å². The Hall–Kier alpha value is -3.12. The lowest BCUT2D eigenvalue weighted by Gasteiger charge is -2.13. The zero-order chi connectivity index (χ0) is 16.4. The third-order valence-corrected chi connectivity index (χ3v) is 4.10. The number of rotatable bonds is 2. The summed E-state index contributed by atoms with van der Waals surface area (Å²) in [6.07, 6.45) is 0. The molecule has 0 fully saturated rings. The highest BCUT2D eigenvalue weighted by Gasteiger charge is 2.15. The number of nitrogens with zero attached hydrogens (tertiary/aromatic N) is 2. The number of nitriles is 1. The van der Waals surface area contributed by atoms with Crippen LogP contribution in [-0.2, 0) is 0 Å². The van der Waals surface area contributed by atoms with Gasteiger partial charge in [-0.3, -0.25) is 0 Å². The lowest BCUT2D eigenvalue weighted by Crippen LogP contribution is -2.02. The van der Waals surface area contributed by atoms with Crippen LogP contribution in [0.3, 0.4) is 0 Å². The summed E-state index contributed by atoms with van der Waals surface area (Å²) in [6, 6.07) is 20.6. The van der Waals surface area contributed by atoms with Crippen LogP contribution in [0.2, 0.25) is 0 Å². The van der Waals surface area contributed by atoms with E-state index in [1.807, 2.05) is 44.2 Å². The average molecular weight is 299 g/mol. The third kappa shape index (κ3) is 2.67. The van der Waals surface area contributed by atoms with Gasteiger partial charge in [0.15, 0.2) is 0 Å². The van der Waals surface area contributed by atoms with Gasteiger partial charge in [-0.05, 0) is 36.1 Å². The number of benzene rings is 2. The van der Waals surface area contributed by atoms with Crippen LogP contribution in [-0.4, -0.2) is 4.98 Å². The maximum Gasteiger partial charge on any atom is 0.142 e. The Labute approximate surface area is 136 Å². The fourth-order valence-corrected chi connectivity index (χ4v) is 2.75. The Morgan fingerprint density at radius 1 is 0.870 bits per heavy atom. The molecule has 0 saturated heterocycles. The Morgan fingerprint density at radius 2 is 1.43 bits per heavy atom. The molecule has 23 heavy (non-hydrogen) atoms. The molecule has 0 amide bonds. The van der Waals surface area contributed by atoms with Crippen molar-refractivity contribution < 1.29 is 0 Å². The monoisotopic (exact) mass is 299 g/mol. The van der Waals surface area contributed by atoms with Gasteiger partial charge in [-0.15, -0.1) is 0 Å². The van der Waals surface area contributed by atoms with E-state index in [9.17, 15) is 5.26 Å². The van der Waals surface area contributed by atoms with E-state index in [1.54, 1.807) is 0 Å². The Morgan fingerprint density at radius 3 is 2.04 bits per heavy atom. The smallest absolute Gasteiger partial charge is 0.142 e. The van der Waals surface area contributed by atoms with Crippen molar-refractivity contribution in [2.45, 2.75) is 13.8 Å². The summed E-state index contributed by atoms with van der Waals surface area (Å²) in [5.74, 6) is 0.290. The number of anilines is 1. The molecule has 3 rings (SSSR count). The molecule has 0 spiro atoms. The first-order valence-corrected chi connectivity index (χ1v) is 7.44. The van der Waals surface area contributed by atoms with E-state index >= 15 is 0 Å². The second-order valence-electron chi connectivity index (χ2n) is 5.51. The van der Waals surface area contributed by atoms with E-state index in [-0.39, 0.29) is 5.82 Å². The fraction of sp³-hybridized carbons (Fsp3) is 0.100. The molecule has 0 atom stereocenters. The van der Waals surface area contributed by atoms with E-state index in [1.165, 1.54) is 5.56 Å². The van der Waals surface area contributed by atoms with E-state index < -0.39 is 0 Å². The Bertz CT molecular complexity index is 889. The van der Waals surface area contributed by atoms with Crippen molar-refractivity contribution in [3.63, 3.8) is 0 Å². The van der Waals surface area contributed by atoms with Crippen molar-refractivity contribution in [1.82, 2.24) is 4.98 Å². The van der Waals surface area contributed by atoms with Crippen LogP contribution in [0.5, 0.6) is 0 Å². The van der Waals surface area contributed by atoms with Gasteiger partial charge in [0.25, 0.3) is 0 Å². The number of aryl methyl sites for hydroxylation is 1. The maximum absolute atomic E-state index is 9.44. The molecule has 0 radical (unpaired) electrons. The SMILES string of the molecule is Cc1nc(N)c(C#N)c(-c2ccc(-c3ccccc3)cc2)c1C. The van der Waals surface area contributed by atoms with Crippen LogP contribution in [0.15, 0.2) is 54.6 Å². The first-order valence-electron chi connectivity index (χ1n) is 7.44. The number of aromatic nitrogens is 1.